The highest BCUT2D eigenvalue weighted by atomic mass is 14.9. The zero-order valence-corrected chi connectivity index (χ0v) is 10.4. The van der Waals surface area contributed by atoms with Gasteiger partial charge in [0, 0.05) is 6.04 Å². The van der Waals surface area contributed by atoms with Crippen molar-refractivity contribution >= 4 is 0 Å². The minimum absolute atomic E-state index is 0.469. The maximum Gasteiger partial charge on any atom is 0.00720 e. The summed E-state index contributed by atoms with van der Waals surface area (Å²) in [5.74, 6) is 1.08. The average Bonchev–Trinajstić information content (AvgIpc) is 2.80. The van der Waals surface area contributed by atoms with Gasteiger partial charge in [0.25, 0.3) is 0 Å². The maximum atomic E-state index is 3.62. The molecule has 1 unspecified atom stereocenters. The molecule has 1 heteroatoms. The highest BCUT2D eigenvalue weighted by Crippen LogP contribution is 2.35. The molecule has 1 aliphatic rings. The van der Waals surface area contributed by atoms with Crippen LogP contribution in [-0.4, -0.2) is 12.6 Å². The number of rotatable bonds is 6. The molecule has 0 heterocycles. The SMILES string of the molecule is CCNC(CCC1CC1)CC(C)(C)C. The van der Waals surface area contributed by atoms with E-state index in [9.17, 15) is 0 Å². The molecule has 0 aromatic carbocycles. The van der Waals surface area contributed by atoms with Gasteiger partial charge in [-0.1, -0.05) is 40.5 Å². The summed E-state index contributed by atoms with van der Waals surface area (Å²) in [4.78, 5) is 0. The monoisotopic (exact) mass is 197 g/mol. The normalized spacial score (nSPS) is 19.7. The van der Waals surface area contributed by atoms with Crippen LogP contribution in [-0.2, 0) is 0 Å². The molecule has 0 radical (unpaired) electrons. The number of hydrogen-bond donors (Lipinski definition) is 1. The van der Waals surface area contributed by atoms with Gasteiger partial charge in [-0.2, -0.15) is 0 Å². The van der Waals surface area contributed by atoms with Gasteiger partial charge in [0.2, 0.25) is 0 Å². The minimum atomic E-state index is 0.469. The fraction of sp³-hybridized carbons (Fsp3) is 1.00. The summed E-state index contributed by atoms with van der Waals surface area (Å²) in [7, 11) is 0. The predicted octanol–water partition coefficient (Wildman–Crippen LogP) is 3.59. The minimum Gasteiger partial charge on any atom is -0.314 e. The van der Waals surface area contributed by atoms with Crippen molar-refractivity contribution in [3.63, 3.8) is 0 Å². The van der Waals surface area contributed by atoms with Gasteiger partial charge in [0.15, 0.2) is 0 Å². The largest absolute Gasteiger partial charge is 0.314 e. The lowest BCUT2D eigenvalue weighted by Crippen LogP contribution is -2.32. The number of nitrogens with one attached hydrogen (secondary N) is 1. The fourth-order valence-electron chi connectivity index (χ4n) is 2.15. The molecule has 0 aliphatic heterocycles. The van der Waals surface area contributed by atoms with Gasteiger partial charge >= 0.3 is 0 Å². The van der Waals surface area contributed by atoms with Crippen LogP contribution in [0.15, 0.2) is 0 Å². The van der Waals surface area contributed by atoms with E-state index >= 15 is 0 Å². The Labute approximate surface area is 89.7 Å². The molecule has 1 N–H and O–H groups in total. The lowest BCUT2D eigenvalue weighted by atomic mass is 9.86. The molecule has 0 saturated heterocycles. The molecule has 0 aromatic rings. The lowest BCUT2D eigenvalue weighted by molar-refractivity contribution is 0.295. The van der Waals surface area contributed by atoms with E-state index in [1.807, 2.05) is 0 Å². The molecule has 1 atom stereocenters. The smallest absolute Gasteiger partial charge is 0.00720 e. The summed E-state index contributed by atoms with van der Waals surface area (Å²) in [6.07, 6.45) is 7.14. The molecule has 0 bridgehead atoms. The Morgan fingerprint density at radius 3 is 2.36 bits per heavy atom. The van der Waals surface area contributed by atoms with Crippen molar-refractivity contribution in [1.82, 2.24) is 5.32 Å². The first-order valence-electron chi connectivity index (χ1n) is 6.24. The third kappa shape index (κ3) is 5.64. The van der Waals surface area contributed by atoms with E-state index in [1.54, 1.807) is 0 Å². The first-order chi connectivity index (χ1) is 6.51. The summed E-state index contributed by atoms with van der Waals surface area (Å²) >= 11 is 0. The molecule has 0 amide bonds. The standard InChI is InChI=1S/C13H27N/c1-5-14-12(10-13(2,3)4)9-8-11-6-7-11/h11-12,14H,5-10H2,1-4H3. The third-order valence-corrected chi connectivity index (χ3v) is 2.97. The van der Waals surface area contributed by atoms with Crippen LogP contribution in [0, 0.1) is 11.3 Å². The number of hydrogen-bond acceptors (Lipinski definition) is 1. The van der Waals surface area contributed by atoms with Crippen LogP contribution in [0.25, 0.3) is 0 Å². The zero-order chi connectivity index (χ0) is 10.6. The third-order valence-electron chi connectivity index (χ3n) is 2.97. The highest BCUT2D eigenvalue weighted by molar-refractivity contribution is 4.79. The summed E-state index contributed by atoms with van der Waals surface area (Å²) < 4.78 is 0. The molecule has 14 heavy (non-hydrogen) atoms. The van der Waals surface area contributed by atoms with Crippen molar-refractivity contribution in [3.8, 4) is 0 Å². The van der Waals surface area contributed by atoms with E-state index in [0.717, 1.165) is 18.5 Å². The Morgan fingerprint density at radius 1 is 1.29 bits per heavy atom. The van der Waals surface area contributed by atoms with Gasteiger partial charge in [-0.3, -0.25) is 0 Å². The van der Waals surface area contributed by atoms with Gasteiger partial charge in [-0.15, -0.1) is 0 Å². The van der Waals surface area contributed by atoms with Crippen molar-refractivity contribution < 1.29 is 0 Å². The Morgan fingerprint density at radius 2 is 1.93 bits per heavy atom. The molecule has 1 saturated carbocycles. The molecule has 1 fully saturated rings. The molecule has 84 valence electrons. The molecular formula is C13H27N. The second kappa shape index (κ2) is 5.16. The van der Waals surface area contributed by atoms with Crippen LogP contribution in [0.3, 0.4) is 0 Å². The van der Waals surface area contributed by atoms with Crippen molar-refractivity contribution in [3.05, 3.63) is 0 Å². The fourth-order valence-corrected chi connectivity index (χ4v) is 2.15. The second-order valence-corrected chi connectivity index (χ2v) is 6.04. The van der Waals surface area contributed by atoms with Crippen molar-refractivity contribution in [1.29, 1.82) is 0 Å². The van der Waals surface area contributed by atoms with Crippen LogP contribution in [0.4, 0.5) is 0 Å². The van der Waals surface area contributed by atoms with Crippen LogP contribution in [0.5, 0.6) is 0 Å². The van der Waals surface area contributed by atoms with Gasteiger partial charge in [0.05, 0.1) is 0 Å². The zero-order valence-electron chi connectivity index (χ0n) is 10.4. The summed E-state index contributed by atoms with van der Waals surface area (Å²) in [6, 6.07) is 0.751. The van der Waals surface area contributed by atoms with Crippen molar-refractivity contribution in [2.75, 3.05) is 6.54 Å². The highest BCUT2D eigenvalue weighted by Gasteiger charge is 2.24. The molecule has 1 aliphatic carbocycles. The Hall–Kier alpha value is -0.0400. The summed E-state index contributed by atoms with van der Waals surface area (Å²) in [6.45, 7) is 10.4. The van der Waals surface area contributed by atoms with Crippen molar-refractivity contribution in [2.45, 2.75) is 65.8 Å². The molecule has 0 aromatic heterocycles. The molecule has 1 rings (SSSR count). The first kappa shape index (κ1) is 12.0. The van der Waals surface area contributed by atoms with Gasteiger partial charge < -0.3 is 5.32 Å². The van der Waals surface area contributed by atoms with Crippen LogP contribution in [0.1, 0.15) is 59.8 Å². The topological polar surface area (TPSA) is 12.0 Å². The summed E-state index contributed by atoms with van der Waals surface area (Å²) in [5.41, 5.74) is 0.469. The van der Waals surface area contributed by atoms with E-state index in [0.29, 0.717) is 5.41 Å². The van der Waals surface area contributed by atoms with Crippen LogP contribution < -0.4 is 5.32 Å². The first-order valence-corrected chi connectivity index (χ1v) is 6.24. The molecular weight excluding hydrogens is 170 g/mol. The van der Waals surface area contributed by atoms with E-state index in [4.69, 9.17) is 0 Å². The van der Waals surface area contributed by atoms with E-state index in [-0.39, 0.29) is 0 Å². The Kier molecular flexibility index (Phi) is 4.43. The van der Waals surface area contributed by atoms with E-state index < -0.39 is 0 Å². The van der Waals surface area contributed by atoms with Gasteiger partial charge in [-0.25, -0.2) is 0 Å². The van der Waals surface area contributed by atoms with E-state index in [2.05, 4.69) is 33.0 Å². The maximum absolute atomic E-state index is 3.62. The second-order valence-electron chi connectivity index (χ2n) is 6.04. The average molecular weight is 197 g/mol. The van der Waals surface area contributed by atoms with E-state index in [1.165, 1.54) is 32.1 Å². The quantitative estimate of drug-likeness (QED) is 0.686. The summed E-state index contributed by atoms with van der Waals surface area (Å²) in [5, 5.41) is 3.62. The van der Waals surface area contributed by atoms with Crippen LogP contribution >= 0.6 is 0 Å². The van der Waals surface area contributed by atoms with Gasteiger partial charge in [0.1, 0.15) is 0 Å². The Balaban J connectivity index is 2.21. The Bertz CT molecular complexity index is 153. The van der Waals surface area contributed by atoms with Crippen LogP contribution in [0.2, 0.25) is 0 Å². The molecule has 1 nitrogen and oxygen atoms in total. The lowest BCUT2D eigenvalue weighted by Gasteiger charge is -2.26. The molecule has 0 spiro atoms. The van der Waals surface area contributed by atoms with Gasteiger partial charge in [-0.05, 0) is 37.1 Å². The van der Waals surface area contributed by atoms with Crippen molar-refractivity contribution in [2.24, 2.45) is 11.3 Å². The predicted molar refractivity (Wildman–Crippen MR) is 63.5 cm³/mol.